The normalized spacial score (nSPS) is 14.8. The number of para-hydroxylation sites is 1. The van der Waals surface area contributed by atoms with Crippen molar-refractivity contribution in [3.63, 3.8) is 0 Å². The van der Waals surface area contributed by atoms with Crippen LogP contribution in [0.3, 0.4) is 0 Å². The van der Waals surface area contributed by atoms with Crippen LogP contribution in [0.25, 0.3) is 0 Å². The zero-order valence-corrected chi connectivity index (χ0v) is 9.11. The molecule has 3 nitrogen and oxygen atoms in total. The van der Waals surface area contributed by atoms with Crippen molar-refractivity contribution in [3.05, 3.63) is 30.3 Å². The average molecular weight is 203 g/mol. The molecule has 1 N–H and O–H groups in total. The van der Waals surface area contributed by atoms with Gasteiger partial charge in [0.05, 0.1) is 6.07 Å². The maximum Gasteiger partial charge on any atom is 0.0587 e. The van der Waals surface area contributed by atoms with E-state index in [1.807, 2.05) is 0 Å². The number of rotatable bonds is 1. The van der Waals surface area contributed by atoms with Crippen molar-refractivity contribution in [3.8, 4) is 6.07 Å². The van der Waals surface area contributed by atoms with E-state index in [2.05, 4.69) is 40.5 Å². The first-order valence-electron chi connectivity index (χ1n) is 5.20. The predicted molar refractivity (Wildman–Crippen MR) is 62.8 cm³/mol. The Morgan fingerprint density at radius 3 is 2.27 bits per heavy atom. The minimum absolute atomic E-state index is 1.11. The molecular formula is C12H17N3. The van der Waals surface area contributed by atoms with E-state index in [-0.39, 0.29) is 0 Å². The average Bonchev–Trinajstić information content (AvgIpc) is 2.32. The molecule has 1 aromatic carbocycles. The third-order valence-corrected chi connectivity index (χ3v) is 2.24. The smallest absolute Gasteiger partial charge is 0.0587 e. The molecule has 1 heterocycles. The third-order valence-electron chi connectivity index (χ3n) is 2.24. The van der Waals surface area contributed by atoms with E-state index in [1.54, 1.807) is 6.07 Å². The Morgan fingerprint density at radius 1 is 1.20 bits per heavy atom. The summed E-state index contributed by atoms with van der Waals surface area (Å²) in [6, 6.07) is 12.3. The fraction of sp³-hybridized carbons (Fsp3) is 0.417. The Hall–Kier alpha value is -1.53. The standard InChI is InChI=1S/C10H14N2.C2H3N/c1-2-4-10(5-3-1)12-8-6-11-7-9-12;1-2-3/h1-5,11H,6-9H2;1H3. The molecule has 0 aromatic heterocycles. The number of piperazine rings is 1. The van der Waals surface area contributed by atoms with Crippen LogP contribution in [-0.4, -0.2) is 26.2 Å². The van der Waals surface area contributed by atoms with Crippen molar-refractivity contribution in [2.24, 2.45) is 0 Å². The topological polar surface area (TPSA) is 39.1 Å². The van der Waals surface area contributed by atoms with Crippen molar-refractivity contribution in [1.82, 2.24) is 5.32 Å². The number of benzene rings is 1. The van der Waals surface area contributed by atoms with Crippen molar-refractivity contribution >= 4 is 5.69 Å². The van der Waals surface area contributed by atoms with E-state index in [4.69, 9.17) is 5.26 Å². The van der Waals surface area contributed by atoms with Crippen LogP contribution >= 0.6 is 0 Å². The summed E-state index contributed by atoms with van der Waals surface area (Å²) in [5.74, 6) is 0. The fourth-order valence-corrected chi connectivity index (χ4v) is 1.56. The van der Waals surface area contributed by atoms with Gasteiger partial charge in [-0.2, -0.15) is 5.26 Å². The molecule has 15 heavy (non-hydrogen) atoms. The molecule has 0 spiro atoms. The van der Waals surface area contributed by atoms with E-state index < -0.39 is 0 Å². The molecule has 1 aromatic rings. The molecule has 80 valence electrons. The van der Waals surface area contributed by atoms with Crippen LogP contribution in [0.15, 0.2) is 30.3 Å². The number of anilines is 1. The van der Waals surface area contributed by atoms with E-state index in [0.717, 1.165) is 26.2 Å². The zero-order chi connectivity index (χ0) is 10.9. The number of hydrogen-bond donors (Lipinski definition) is 1. The van der Waals surface area contributed by atoms with Crippen molar-refractivity contribution in [2.75, 3.05) is 31.1 Å². The molecule has 1 aliphatic rings. The van der Waals surface area contributed by atoms with Crippen LogP contribution < -0.4 is 10.2 Å². The summed E-state index contributed by atoms with van der Waals surface area (Å²) in [7, 11) is 0. The Labute approximate surface area is 91.3 Å². The van der Waals surface area contributed by atoms with Crippen molar-refractivity contribution < 1.29 is 0 Å². The second-order valence-electron chi connectivity index (χ2n) is 3.30. The van der Waals surface area contributed by atoms with Crippen LogP contribution in [0, 0.1) is 11.3 Å². The minimum atomic E-state index is 1.11. The summed E-state index contributed by atoms with van der Waals surface area (Å²) >= 11 is 0. The van der Waals surface area contributed by atoms with Crippen LogP contribution in [0.5, 0.6) is 0 Å². The van der Waals surface area contributed by atoms with Crippen molar-refractivity contribution in [2.45, 2.75) is 6.92 Å². The molecule has 0 saturated carbocycles. The summed E-state index contributed by atoms with van der Waals surface area (Å²) in [4.78, 5) is 2.41. The summed E-state index contributed by atoms with van der Waals surface area (Å²) in [5.41, 5.74) is 1.35. The molecule has 1 aliphatic heterocycles. The fourth-order valence-electron chi connectivity index (χ4n) is 1.56. The van der Waals surface area contributed by atoms with Gasteiger partial charge in [0.1, 0.15) is 0 Å². The van der Waals surface area contributed by atoms with Gasteiger partial charge in [-0.3, -0.25) is 0 Å². The first kappa shape index (κ1) is 11.5. The number of nitriles is 1. The first-order valence-corrected chi connectivity index (χ1v) is 5.20. The lowest BCUT2D eigenvalue weighted by Gasteiger charge is -2.29. The maximum atomic E-state index is 7.32. The highest BCUT2D eigenvalue weighted by Crippen LogP contribution is 2.12. The van der Waals surface area contributed by atoms with E-state index in [0.29, 0.717) is 0 Å². The van der Waals surface area contributed by atoms with Gasteiger partial charge in [-0.15, -0.1) is 0 Å². The minimum Gasteiger partial charge on any atom is -0.369 e. The van der Waals surface area contributed by atoms with E-state index in [1.165, 1.54) is 12.6 Å². The Kier molecular flexibility index (Phi) is 5.28. The predicted octanol–water partition coefficient (Wildman–Crippen LogP) is 1.63. The lowest BCUT2D eigenvalue weighted by molar-refractivity contribution is 0.589. The molecular weight excluding hydrogens is 186 g/mol. The lowest BCUT2D eigenvalue weighted by atomic mass is 10.2. The van der Waals surface area contributed by atoms with Gasteiger partial charge in [-0.05, 0) is 12.1 Å². The molecule has 1 saturated heterocycles. The molecule has 0 aliphatic carbocycles. The Bertz CT molecular complexity index is 296. The van der Waals surface area contributed by atoms with Gasteiger partial charge in [0.15, 0.2) is 0 Å². The van der Waals surface area contributed by atoms with Gasteiger partial charge >= 0.3 is 0 Å². The number of hydrogen-bond acceptors (Lipinski definition) is 3. The van der Waals surface area contributed by atoms with Crippen LogP contribution in [-0.2, 0) is 0 Å². The van der Waals surface area contributed by atoms with Crippen LogP contribution in [0.2, 0.25) is 0 Å². The third kappa shape index (κ3) is 4.01. The van der Waals surface area contributed by atoms with Crippen molar-refractivity contribution in [1.29, 1.82) is 5.26 Å². The Morgan fingerprint density at radius 2 is 1.73 bits per heavy atom. The molecule has 0 amide bonds. The van der Waals surface area contributed by atoms with Gasteiger partial charge < -0.3 is 10.2 Å². The van der Waals surface area contributed by atoms with E-state index >= 15 is 0 Å². The summed E-state index contributed by atoms with van der Waals surface area (Å²) in [6.07, 6.45) is 0. The largest absolute Gasteiger partial charge is 0.369 e. The zero-order valence-electron chi connectivity index (χ0n) is 9.11. The highest BCUT2D eigenvalue weighted by molar-refractivity contribution is 5.46. The van der Waals surface area contributed by atoms with Gasteiger partial charge in [-0.25, -0.2) is 0 Å². The van der Waals surface area contributed by atoms with E-state index in [9.17, 15) is 0 Å². The molecule has 0 unspecified atom stereocenters. The SMILES string of the molecule is CC#N.c1ccc(N2CCNCC2)cc1. The van der Waals surface area contributed by atoms with Gasteiger partial charge in [0.25, 0.3) is 0 Å². The van der Waals surface area contributed by atoms with Gasteiger partial charge in [0.2, 0.25) is 0 Å². The molecule has 1 fully saturated rings. The molecule has 0 bridgehead atoms. The van der Waals surface area contributed by atoms with Gasteiger partial charge in [0, 0.05) is 38.8 Å². The monoisotopic (exact) mass is 203 g/mol. The quantitative estimate of drug-likeness (QED) is 0.754. The van der Waals surface area contributed by atoms with Gasteiger partial charge in [-0.1, -0.05) is 18.2 Å². The lowest BCUT2D eigenvalue weighted by Crippen LogP contribution is -2.43. The molecule has 2 rings (SSSR count). The number of nitrogens with one attached hydrogen (secondary N) is 1. The number of nitrogens with zero attached hydrogens (tertiary/aromatic N) is 2. The second kappa shape index (κ2) is 6.86. The molecule has 0 atom stereocenters. The molecule has 0 radical (unpaired) electrons. The van der Waals surface area contributed by atoms with Crippen LogP contribution in [0.1, 0.15) is 6.92 Å². The summed E-state index contributed by atoms with van der Waals surface area (Å²) < 4.78 is 0. The first-order chi connectivity index (χ1) is 7.38. The molecule has 3 heteroatoms. The highest BCUT2D eigenvalue weighted by Gasteiger charge is 2.08. The summed E-state index contributed by atoms with van der Waals surface area (Å²) in [6.45, 7) is 5.90. The highest BCUT2D eigenvalue weighted by atomic mass is 15.2. The van der Waals surface area contributed by atoms with Crippen LogP contribution in [0.4, 0.5) is 5.69 Å². The summed E-state index contributed by atoms with van der Waals surface area (Å²) in [5, 5.41) is 10.7. The second-order valence-corrected chi connectivity index (χ2v) is 3.30. The Balaban J connectivity index is 0.000000337. The maximum absolute atomic E-state index is 7.32.